The molecule has 0 spiro atoms. The van der Waals surface area contributed by atoms with Gasteiger partial charge in [0.2, 0.25) is 0 Å². The van der Waals surface area contributed by atoms with Crippen LogP contribution in [0.2, 0.25) is 0 Å². The quantitative estimate of drug-likeness (QED) is 0.757. The van der Waals surface area contributed by atoms with Crippen LogP contribution in [0.25, 0.3) is 0 Å². The van der Waals surface area contributed by atoms with Gasteiger partial charge in [0.05, 0.1) is 13.2 Å². The number of phenols is 1. The average molecular weight is 273 g/mol. The molecule has 4 nitrogen and oxygen atoms in total. The molecule has 0 aromatic heterocycles. The number of hydrogen-bond acceptors (Lipinski definition) is 4. The summed E-state index contributed by atoms with van der Waals surface area (Å²) < 4.78 is 5.35. The van der Waals surface area contributed by atoms with E-state index in [0.29, 0.717) is 18.9 Å². The van der Waals surface area contributed by atoms with Crippen LogP contribution < -0.4 is 10.1 Å². The summed E-state index contributed by atoms with van der Waals surface area (Å²) in [4.78, 5) is 0. The molecule has 0 amide bonds. The van der Waals surface area contributed by atoms with Crippen molar-refractivity contribution < 1.29 is 14.9 Å². The summed E-state index contributed by atoms with van der Waals surface area (Å²) in [5, 5.41) is 22.3. The van der Waals surface area contributed by atoms with Crippen molar-refractivity contribution in [2.75, 3.05) is 11.9 Å². The Bertz CT molecular complexity index is 552. The van der Waals surface area contributed by atoms with Crippen molar-refractivity contribution in [1.82, 2.24) is 0 Å². The zero-order chi connectivity index (χ0) is 14.4. The van der Waals surface area contributed by atoms with Gasteiger partial charge in [0.15, 0.2) is 11.5 Å². The van der Waals surface area contributed by atoms with E-state index in [9.17, 15) is 5.11 Å². The van der Waals surface area contributed by atoms with Gasteiger partial charge < -0.3 is 20.3 Å². The molecule has 0 heterocycles. The number of para-hydroxylation sites is 1. The number of aliphatic hydroxyl groups is 1. The van der Waals surface area contributed by atoms with E-state index in [-0.39, 0.29) is 12.4 Å². The lowest BCUT2D eigenvalue weighted by molar-refractivity contribution is 0.282. The molecule has 2 rings (SSSR count). The minimum absolute atomic E-state index is 0.0392. The normalized spacial score (nSPS) is 10.3. The lowest BCUT2D eigenvalue weighted by Gasteiger charge is -2.11. The first-order valence-corrected chi connectivity index (χ1v) is 6.62. The molecule has 0 bridgehead atoms. The molecule has 2 aromatic rings. The fourth-order valence-corrected chi connectivity index (χ4v) is 1.91. The number of aliphatic hydroxyl groups excluding tert-OH is 1. The zero-order valence-corrected chi connectivity index (χ0v) is 11.5. The molecule has 106 valence electrons. The number of benzene rings is 2. The molecule has 0 aliphatic carbocycles. The van der Waals surface area contributed by atoms with E-state index < -0.39 is 0 Å². The molecule has 0 saturated heterocycles. The third kappa shape index (κ3) is 3.42. The lowest BCUT2D eigenvalue weighted by atomic mass is 10.1. The number of phenolic OH excluding ortho intramolecular Hbond substituents is 1. The molecule has 0 fully saturated rings. The van der Waals surface area contributed by atoms with Gasteiger partial charge in [-0.2, -0.15) is 0 Å². The molecule has 0 saturated carbocycles. The summed E-state index contributed by atoms with van der Waals surface area (Å²) in [7, 11) is 0. The van der Waals surface area contributed by atoms with Crippen molar-refractivity contribution in [2.24, 2.45) is 0 Å². The van der Waals surface area contributed by atoms with Gasteiger partial charge in [-0.15, -0.1) is 0 Å². The van der Waals surface area contributed by atoms with Crippen LogP contribution in [0.15, 0.2) is 42.5 Å². The largest absolute Gasteiger partial charge is 0.504 e. The number of rotatable bonds is 6. The molecule has 2 aromatic carbocycles. The standard InChI is InChI=1S/C16H19NO3/c1-2-20-15-5-3-4-13(16(15)19)10-17-14-8-6-12(11-18)7-9-14/h3-9,17-19H,2,10-11H2,1H3. The first-order chi connectivity index (χ1) is 9.74. The summed E-state index contributed by atoms with van der Waals surface area (Å²) >= 11 is 0. The lowest BCUT2D eigenvalue weighted by Crippen LogP contribution is -2.01. The van der Waals surface area contributed by atoms with Crippen LogP contribution in [0.3, 0.4) is 0 Å². The van der Waals surface area contributed by atoms with Gasteiger partial charge in [-0.05, 0) is 30.7 Å². The molecule has 0 atom stereocenters. The average Bonchev–Trinajstić information content (AvgIpc) is 2.49. The van der Waals surface area contributed by atoms with Crippen LogP contribution in [-0.4, -0.2) is 16.8 Å². The van der Waals surface area contributed by atoms with Gasteiger partial charge in [0, 0.05) is 17.8 Å². The minimum atomic E-state index is 0.0392. The highest BCUT2D eigenvalue weighted by Crippen LogP contribution is 2.30. The summed E-state index contributed by atoms with van der Waals surface area (Å²) in [6, 6.07) is 13.0. The van der Waals surface area contributed by atoms with E-state index >= 15 is 0 Å². The molecule has 4 heteroatoms. The first kappa shape index (κ1) is 14.2. The Morgan fingerprint density at radius 2 is 1.85 bits per heavy atom. The van der Waals surface area contributed by atoms with Crippen molar-refractivity contribution in [3.05, 3.63) is 53.6 Å². The molecule has 0 aliphatic rings. The van der Waals surface area contributed by atoms with E-state index in [1.807, 2.05) is 43.3 Å². The molecule has 20 heavy (non-hydrogen) atoms. The van der Waals surface area contributed by atoms with E-state index in [1.165, 1.54) is 0 Å². The van der Waals surface area contributed by atoms with Gasteiger partial charge in [-0.3, -0.25) is 0 Å². The highest BCUT2D eigenvalue weighted by molar-refractivity contribution is 5.49. The Labute approximate surface area is 118 Å². The van der Waals surface area contributed by atoms with Crippen molar-refractivity contribution >= 4 is 5.69 Å². The second-order valence-corrected chi connectivity index (χ2v) is 4.41. The van der Waals surface area contributed by atoms with Gasteiger partial charge in [0.1, 0.15) is 0 Å². The number of ether oxygens (including phenoxy) is 1. The monoisotopic (exact) mass is 273 g/mol. The van der Waals surface area contributed by atoms with Gasteiger partial charge in [-0.25, -0.2) is 0 Å². The molecule has 0 aliphatic heterocycles. The maximum atomic E-state index is 10.1. The Kier molecular flexibility index (Phi) is 4.85. The number of hydrogen-bond donors (Lipinski definition) is 3. The number of nitrogens with one attached hydrogen (secondary N) is 1. The predicted molar refractivity (Wildman–Crippen MR) is 79.0 cm³/mol. The van der Waals surface area contributed by atoms with Crippen molar-refractivity contribution in [3.63, 3.8) is 0 Å². The maximum absolute atomic E-state index is 10.1. The molecular weight excluding hydrogens is 254 g/mol. The number of aromatic hydroxyl groups is 1. The fourth-order valence-electron chi connectivity index (χ4n) is 1.91. The molecular formula is C16H19NO3. The van der Waals surface area contributed by atoms with Crippen LogP contribution in [0.4, 0.5) is 5.69 Å². The highest BCUT2D eigenvalue weighted by Gasteiger charge is 2.07. The number of anilines is 1. The van der Waals surface area contributed by atoms with E-state index in [2.05, 4.69) is 5.32 Å². The summed E-state index contributed by atoms with van der Waals surface area (Å²) in [5.41, 5.74) is 2.59. The minimum Gasteiger partial charge on any atom is -0.504 e. The second-order valence-electron chi connectivity index (χ2n) is 4.41. The summed E-state index contributed by atoms with van der Waals surface area (Å²) in [6.07, 6.45) is 0. The summed E-state index contributed by atoms with van der Waals surface area (Å²) in [5.74, 6) is 0.677. The van der Waals surface area contributed by atoms with Crippen molar-refractivity contribution in [2.45, 2.75) is 20.1 Å². The molecule has 0 radical (unpaired) electrons. The Morgan fingerprint density at radius 1 is 1.10 bits per heavy atom. The van der Waals surface area contributed by atoms with Crippen LogP contribution in [0.1, 0.15) is 18.1 Å². The van der Waals surface area contributed by atoms with Crippen molar-refractivity contribution in [3.8, 4) is 11.5 Å². The van der Waals surface area contributed by atoms with Gasteiger partial charge in [0.25, 0.3) is 0 Å². The fraction of sp³-hybridized carbons (Fsp3) is 0.250. The maximum Gasteiger partial charge on any atom is 0.162 e. The Morgan fingerprint density at radius 3 is 2.50 bits per heavy atom. The molecule has 0 unspecified atom stereocenters. The van der Waals surface area contributed by atoms with Crippen LogP contribution >= 0.6 is 0 Å². The first-order valence-electron chi connectivity index (χ1n) is 6.62. The van der Waals surface area contributed by atoms with Crippen molar-refractivity contribution in [1.29, 1.82) is 0 Å². The molecule has 3 N–H and O–H groups in total. The third-order valence-corrected chi connectivity index (χ3v) is 3.00. The van der Waals surface area contributed by atoms with Gasteiger partial charge >= 0.3 is 0 Å². The van der Waals surface area contributed by atoms with E-state index in [4.69, 9.17) is 9.84 Å². The topological polar surface area (TPSA) is 61.7 Å². The van der Waals surface area contributed by atoms with Crippen LogP contribution in [-0.2, 0) is 13.2 Å². The SMILES string of the molecule is CCOc1cccc(CNc2ccc(CO)cc2)c1O. The smallest absolute Gasteiger partial charge is 0.162 e. The van der Waals surface area contributed by atoms with E-state index in [0.717, 1.165) is 16.8 Å². The highest BCUT2D eigenvalue weighted by atomic mass is 16.5. The zero-order valence-electron chi connectivity index (χ0n) is 11.5. The van der Waals surface area contributed by atoms with Crippen LogP contribution in [0.5, 0.6) is 11.5 Å². The van der Waals surface area contributed by atoms with Gasteiger partial charge in [-0.1, -0.05) is 24.3 Å². The predicted octanol–water partition coefficient (Wildman–Crippen LogP) is 2.90. The second kappa shape index (κ2) is 6.82. The van der Waals surface area contributed by atoms with E-state index in [1.54, 1.807) is 6.07 Å². The Hall–Kier alpha value is -2.20. The third-order valence-electron chi connectivity index (χ3n) is 3.00. The summed E-state index contributed by atoms with van der Waals surface area (Å²) in [6.45, 7) is 2.95. The van der Waals surface area contributed by atoms with Crippen LogP contribution in [0, 0.1) is 0 Å². The Balaban J connectivity index is 2.04.